The fraction of sp³-hybridized carbons (Fsp3) is 0.643. The van der Waals surface area contributed by atoms with Crippen LogP contribution in [-0.2, 0) is 11.2 Å². The van der Waals surface area contributed by atoms with Crippen molar-refractivity contribution in [2.75, 3.05) is 11.1 Å². The number of anilines is 1. The molecule has 126 valence electrons. The highest BCUT2D eigenvalue weighted by molar-refractivity contribution is 7.99. The molecule has 0 aliphatic heterocycles. The van der Waals surface area contributed by atoms with Crippen molar-refractivity contribution in [3.05, 3.63) is 10.8 Å². The van der Waals surface area contributed by atoms with Gasteiger partial charge in [0.05, 0.1) is 5.75 Å². The maximum atomic E-state index is 12.1. The van der Waals surface area contributed by atoms with E-state index in [1.165, 1.54) is 23.1 Å². The Morgan fingerprint density at radius 3 is 2.52 bits per heavy atom. The summed E-state index contributed by atoms with van der Waals surface area (Å²) in [7, 11) is 0. The van der Waals surface area contributed by atoms with Gasteiger partial charge in [-0.2, -0.15) is 0 Å². The van der Waals surface area contributed by atoms with Crippen LogP contribution >= 0.6 is 23.1 Å². The van der Waals surface area contributed by atoms with E-state index in [4.69, 9.17) is 0 Å². The third kappa shape index (κ3) is 4.51. The molecule has 0 aliphatic rings. The minimum atomic E-state index is -0.113. The lowest BCUT2D eigenvalue weighted by Gasteiger charge is -2.15. The molecule has 23 heavy (non-hydrogen) atoms. The first-order chi connectivity index (χ1) is 10.9. The van der Waals surface area contributed by atoms with E-state index in [1.54, 1.807) is 0 Å². The highest BCUT2D eigenvalue weighted by atomic mass is 32.2. The molecule has 0 aromatic carbocycles. The van der Waals surface area contributed by atoms with Crippen LogP contribution in [-0.4, -0.2) is 36.6 Å². The number of nitrogens with one attached hydrogen (secondary N) is 1. The molecule has 2 rings (SSSR count). The minimum Gasteiger partial charge on any atom is -0.303 e. The van der Waals surface area contributed by atoms with E-state index in [2.05, 4.69) is 58.0 Å². The van der Waals surface area contributed by atoms with Crippen molar-refractivity contribution in [2.45, 2.75) is 58.2 Å². The molecule has 0 atom stereocenters. The predicted molar refractivity (Wildman–Crippen MR) is 93.1 cm³/mol. The van der Waals surface area contributed by atoms with Crippen LogP contribution in [0.3, 0.4) is 0 Å². The van der Waals surface area contributed by atoms with E-state index in [0.717, 1.165) is 22.4 Å². The molecular formula is C14H22N6OS2. The SMILES string of the molecule is CCc1nnc(NC(=O)CSc2nnc(C(C)C)n2C(C)C)s1. The van der Waals surface area contributed by atoms with Crippen LogP contribution in [0.25, 0.3) is 0 Å². The standard InChI is InChI=1S/C14H22N6OS2/c1-6-11-16-18-13(23-11)15-10(21)7-22-14-19-17-12(8(2)3)20(14)9(4)5/h8-9H,6-7H2,1-5H3,(H,15,18,21). The summed E-state index contributed by atoms with van der Waals surface area (Å²) < 4.78 is 2.09. The van der Waals surface area contributed by atoms with E-state index in [-0.39, 0.29) is 17.7 Å². The largest absolute Gasteiger partial charge is 0.303 e. The van der Waals surface area contributed by atoms with E-state index in [0.29, 0.717) is 11.0 Å². The molecule has 0 fully saturated rings. The summed E-state index contributed by atoms with van der Waals surface area (Å²) in [5.74, 6) is 1.39. The Morgan fingerprint density at radius 2 is 1.96 bits per heavy atom. The molecule has 0 saturated carbocycles. The van der Waals surface area contributed by atoms with E-state index < -0.39 is 0 Å². The second-order valence-electron chi connectivity index (χ2n) is 5.65. The van der Waals surface area contributed by atoms with Crippen LogP contribution in [0, 0.1) is 0 Å². The topological polar surface area (TPSA) is 85.6 Å². The predicted octanol–water partition coefficient (Wildman–Crippen LogP) is 3.13. The zero-order chi connectivity index (χ0) is 17.0. The van der Waals surface area contributed by atoms with Crippen LogP contribution in [0.2, 0.25) is 0 Å². The third-order valence-corrected chi connectivity index (χ3v) is 5.00. The number of nitrogens with zero attached hydrogens (tertiary/aromatic N) is 5. The maximum Gasteiger partial charge on any atom is 0.236 e. The molecular weight excluding hydrogens is 332 g/mol. The average molecular weight is 355 g/mol. The maximum absolute atomic E-state index is 12.1. The molecule has 0 aliphatic carbocycles. The van der Waals surface area contributed by atoms with E-state index >= 15 is 0 Å². The fourth-order valence-electron chi connectivity index (χ4n) is 2.00. The first-order valence-corrected chi connectivity index (χ1v) is 9.42. The monoisotopic (exact) mass is 354 g/mol. The van der Waals surface area contributed by atoms with Gasteiger partial charge in [-0.15, -0.1) is 20.4 Å². The number of carbonyl (C=O) groups is 1. The summed E-state index contributed by atoms with van der Waals surface area (Å²) in [6, 6.07) is 0.253. The van der Waals surface area contributed by atoms with Crippen LogP contribution in [0.5, 0.6) is 0 Å². The zero-order valence-electron chi connectivity index (χ0n) is 14.0. The van der Waals surface area contributed by atoms with Crippen LogP contribution < -0.4 is 5.32 Å². The Labute approximate surface area is 144 Å². The number of rotatable bonds is 7. The molecule has 0 spiro atoms. The van der Waals surface area contributed by atoms with Crippen molar-refractivity contribution in [3.63, 3.8) is 0 Å². The molecule has 1 amide bonds. The number of hydrogen-bond acceptors (Lipinski definition) is 7. The number of carbonyl (C=O) groups excluding carboxylic acids is 1. The Morgan fingerprint density at radius 1 is 1.22 bits per heavy atom. The van der Waals surface area contributed by atoms with Gasteiger partial charge in [-0.1, -0.05) is 43.9 Å². The van der Waals surface area contributed by atoms with Gasteiger partial charge in [-0.05, 0) is 20.3 Å². The summed E-state index contributed by atoms with van der Waals surface area (Å²) in [6.07, 6.45) is 0.817. The highest BCUT2D eigenvalue weighted by Gasteiger charge is 2.18. The van der Waals surface area contributed by atoms with E-state index in [1.807, 2.05) is 6.92 Å². The summed E-state index contributed by atoms with van der Waals surface area (Å²) in [5.41, 5.74) is 0. The fourth-order valence-corrected chi connectivity index (χ4v) is 3.57. The zero-order valence-corrected chi connectivity index (χ0v) is 15.7. The smallest absolute Gasteiger partial charge is 0.236 e. The summed E-state index contributed by atoms with van der Waals surface area (Å²) in [5, 5.41) is 21.4. The first-order valence-electron chi connectivity index (χ1n) is 7.62. The average Bonchev–Trinajstić information content (AvgIpc) is 3.11. The minimum absolute atomic E-state index is 0.113. The Kier molecular flexibility index (Phi) is 6.11. The van der Waals surface area contributed by atoms with Gasteiger partial charge in [0.25, 0.3) is 0 Å². The van der Waals surface area contributed by atoms with Gasteiger partial charge in [-0.25, -0.2) is 0 Å². The number of thioether (sulfide) groups is 1. The quantitative estimate of drug-likeness (QED) is 0.769. The number of aromatic nitrogens is 5. The van der Waals surface area contributed by atoms with Crippen LogP contribution in [0.1, 0.15) is 57.4 Å². The number of amides is 1. The molecule has 7 nitrogen and oxygen atoms in total. The van der Waals surface area contributed by atoms with Crippen molar-refractivity contribution in [3.8, 4) is 0 Å². The van der Waals surface area contributed by atoms with Crippen molar-refractivity contribution >= 4 is 34.1 Å². The van der Waals surface area contributed by atoms with Crippen molar-refractivity contribution < 1.29 is 4.79 Å². The second-order valence-corrected chi connectivity index (χ2v) is 7.66. The van der Waals surface area contributed by atoms with Gasteiger partial charge in [0.15, 0.2) is 5.16 Å². The summed E-state index contributed by atoms with van der Waals surface area (Å²) in [4.78, 5) is 12.1. The van der Waals surface area contributed by atoms with Gasteiger partial charge in [-0.3, -0.25) is 10.1 Å². The number of aryl methyl sites for hydroxylation is 1. The molecule has 2 aromatic rings. The Bertz CT molecular complexity index is 664. The first kappa shape index (κ1) is 17.9. The summed E-state index contributed by atoms with van der Waals surface area (Å²) in [6.45, 7) is 10.4. The van der Waals surface area contributed by atoms with Gasteiger partial charge < -0.3 is 4.57 Å². The normalized spacial score (nSPS) is 11.4. The van der Waals surface area contributed by atoms with Gasteiger partial charge >= 0.3 is 0 Å². The molecule has 1 N–H and O–H groups in total. The molecule has 9 heteroatoms. The molecule has 0 unspecified atom stereocenters. The molecule has 0 radical (unpaired) electrons. The van der Waals surface area contributed by atoms with Crippen LogP contribution in [0.4, 0.5) is 5.13 Å². The number of hydrogen-bond donors (Lipinski definition) is 1. The van der Waals surface area contributed by atoms with Gasteiger partial charge in [0, 0.05) is 12.0 Å². The lowest BCUT2D eigenvalue weighted by Crippen LogP contribution is -2.15. The van der Waals surface area contributed by atoms with Crippen molar-refractivity contribution in [1.29, 1.82) is 0 Å². The Balaban J connectivity index is 1.98. The van der Waals surface area contributed by atoms with Gasteiger partial charge in [0.1, 0.15) is 10.8 Å². The highest BCUT2D eigenvalue weighted by Crippen LogP contribution is 2.25. The molecule has 2 heterocycles. The Hall–Kier alpha value is -1.48. The third-order valence-electron chi connectivity index (χ3n) is 3.07. The lowest BCUT2D eigenvalue weighted by atomic mass is 10.2. The van der Waals surface area contributed by atoms with Gasteiger partial charge in [0.2, 0.25) is 11.0 Å². The second kappa shape index (κ2) is 7.87. The molecule has 2 aromatic heterocycles. The van der Waals surface area contributed by atoms with Crippen molar-refractivity contribution in [1.82, 2.24) is 25.0 Å². The molecule has 0 bridgehead atoms. The lowest BCUT2D eigenvalue weighted by molar-refractivity contribution is -0.113. The van der Waals surface area contributed by atoms with Crippen molar-refractivity contribution in [2.24, 2.45) is 0 Å². The van der Waals surface area contributed by atoms with E-state index in [9.17, 15) is 4.79 Å². The molecule has 0 saturated heterocycles. The summed E-state index contributed by atoms with van der Waals surface area (Å²) >= 11 is 2.79. The van der Waals surface area contributed by atoms with Crippen LogP contribution in [0.15, 0.2) is 5.16 Å².